The lowest BCUT2D eigenvalue weighted by Gasteiger charge is -2.27. The van der Waals surface area contributed by atoms with Crippen molar-refractivity contribution in [3.05, 3.63) is 35.9 Å². The van der Waals surface area contributed by atoms with Crippen molar-refractivity contribution >= 4 is 23.7 Å². The van der Waals surface area contributed by atoms with Crippen LogP contribution < -0.4 is 27.4 Å². The van der Waals surface area contributed by atoms with Crippen LogP contribution in [0.1, 0.15) is 65.4 Å². The summed E-state index contributed by atoms with van der Waals surface area (Å²) in [6.07, 6.45) is 2.94. The van der Waals surface area contributed by atoms with Crippen molar-refractivity contribution < 1.29 is 24.3 Å². The third kappa shape index (κ3) is 10.9. The minimum Gasteiger partial charge on any atom is -0.480 e. The molecule has 1 aromatic rings. The summed E-state index contributed by atoms with van der Waals surface area (Å²) in [6, 6.07) is 5.38. The second-order valence-corrected chi connectivity index (χ2v) is 9.72. The van der Waals surface area contributed by atoms with Gasteiger partial charge in [-0.25, -0.2) is 4.79 Å². The fourth-order valence-corrected chi connectivity index (χ4v) is 3.81. The van der Waals surface area contributed by atoms with Gasteiger partial charge in [0, 0.05) is 6.42 Å². The summed E-state index contributed by atoms with van der Waals surface area (Å²) in [6.45, 7) is 7.80. The number of carboxylic acids is 1. The quantitative estimate of drug-likeness (QED) is 0.168. The Hall–Kier alpha value is -2.98. The monoisotopic (exact) mass is 519 g/mol. The van der Waals surface area contributed by atoms with E-state index in [9.17, 15) is 24.3 Å². The van der Waals surface area contributed by atoms with E-state index in [1.165, 1.54) is 0 Å². The predicted octanol–water partition coefficient (Wildman–Crippen LogP) is 1.32. The number of nitrogens with one attached hydrogen (secondary N) is 3. The average Bonchev–Trinajstić information content (AvgIpc) is 2.89. The van der Waals surface area contributed by atoms with Gasteiger partial charge in [-0.1, -0.05) is 70.9 Å². The zero-order valence-corrected chi connectivity index (χ0v) is 22.5. The van der Waals surface area contributed by atoms with E-state index in [1.54, 1.807) is 6.92 Å². The Bertz CT molecular complexity index is 866. The van der Waals surface area contributed by atoms with Crippen LogP contribution in [0.2, 0.25) is 0 Å². The van der Waals surface area contributed by atoms with Crippen molar-refractivity contribution in [3.63, 3.8) is 0 Å². The van der Waals surface area contributed by atoms with Crippen LogP contribution >= 0.6 is 0 Å². The summed E-state index contributed by atoms with van der Waals surface area (Å²) in [4.78, 5) is 51.1. The molecule has 6 atom stereocenters. The Kier molecular flexibility index (Phi) is 14.5. The molecule has 10 heteroatoms. The molecule has 0 heterocycles. The molecule has 0 aromatic heterocycles. The first kappa shape index (κ1) is 32.0. The highest BCUT2D eigenvalue weighted by Gasteiger charge is 2.32. The van der Waals surface area contributed by atoms with Gasteiger partial charge in [0.15, 0.2) is 0 Å². The van der Waals surface area contributed by atoms with E-state index in [4.69, 9.17) is 11.5 Å². The largest absolute Gasteiger partial charge is 0.480 e. The molecule has 0 spiro atoms. The maximum atomic E-state index is 13.4. The molecular weight excluding hydrogens is 474 g/mol. The number of carbonyl (C=O) groups excluding carboxylic acids is 3. The second kappa shape index (κ2) is 16.7. The first-order valence-electron chi connectivity index (χ1n) is 13.2. The van der Waals surface area contributed by atoms with E-state index in [2.05, 4.69) is 16.0 Å². The molecule has 0 aliphatic heterocycles. The molecule has 0 saturated heterocycles. The third-order valence-electron chi connectivity index (χ3n) is 6.83. The van der Waals surface area contributed by atoms with Crippen LogP contribution in [0.5, 0.6) is 0 Å². The van der Waals surface area contributed by atoms with Gasteiger partial charge in [0.1, 0.15) is 18.1 Å². The lowest BCUT2D eigenvalue weighted by molar-refractivity contribution is -0.144. The number of rotatable bonds is 17. The van der Waals surface area contributed by atoms with Gasteiger partial charge in [-0.05, 0) is 43.2 Å². The van der Waals surface area contributed by atoms with E-state index in [0.717, 1.165) is 5.56 Å². The highest BCUT2D eigenvalue weighted by atomic mass is 16.4. The lowest BCUT2D eigenvalue weighted by Crippen LogP contribution is -2.58. The summed E-state index contributed by atoms with van der Waals surface area (Å²) >= 11 is 0. The van der Waals surface area contributed by atoms with E-state index in [-0.39, 0.29) is 24.7 Å². The van der Waals surface area contributed by atoms with Crippen LogP contribution in [-0.2, 0) is 25.6 Å². The maximum absolute atomic E-state index is 13.4. The summed E-state index contributed by atoms with van der Waals surface area (Å²) in [7, 11) is 0. The number of unbranched alkanes of at least 4 members (excludes halogenated alkanes) is 1. The summed E-state index contributed by atoms with van der Waals surface area (Å²) in [5.41, 5.74) is 12.5. The van der Waals surface area contributed by atoms with E-state index < -0.39 is 47.9 Å². The molecule has 10 nitrogen and oxygen atoms in total. The first-order valence-corrected chi connectivity index (χ1v) is 13.2. The molecule has 8 N–H and O–H groups in total. The van der Waals surface area contributed by atoms with Crippen molar-refractivity contribution in [2.24, 2.45) is 23.3 Å². The number of carboxylic acid groups (broad SMARTS) is 1. The van der Waals surface area contributed by atoms with Crippen LogP contribution in [0.25, 0.3) is 0 Å². The van der Waals surface area contributed by atoms with E-state index in [1.807, 2.05) is 51.1 Å². The molecule has 6 unspecified atom stereocenters. The molecule has 3 amide bonds. The van der Waals surface area contributed by atoms with Gasteiger partial charge in [0.05, 0.1) is 6.04 Å². The number of amides is 3. The van der Waals surface area contributed by atoms with Crippen molar-refractivity contribution in [2.45, 2.75) is 90.4 Å². The standard InChI is InChI=1S/C27H45N5O5/c1-5-17(3)22(29)26(35)31-21(16-19-12-8-7-9-13-19)25(34)30-20(14-10-11-15-28)24(33)32-23(27(36)37)18(4)6-2/h7-9,12-13,17-18,20-23H,5-6,10-11,14-16,28-29H2,1-4H3,(H,30,34)(H,31,35)(H,32,33)(H,36,37). The molecule has 0 fully saturated rings. The Morgan fingerprint density at radius 2 is 1.41 bits per heavy atom. The average molecular weight is 520 g/mol. The van der Waals surface area contributed by atoms with Gasteiger partial charge in [-0.15, -0.1) is 0 Å². The Balaban J connectivity index is 3.14. The lowest BCUT2D eigenvalue weighted by atomic mass is 9.97. The predicted molar refractivity (Wildman–Crippen MR) is 143 cm³/mol. The minimum absolute atomic E-state index is 0.0799. The molecule has 0 radical (unpaired) electrons. The Labute approximate surface area is 220 Å². The SMILES string of the molecule is CCC(C)C(N)C(=O)NC(Cc1ccccc1)C(=O)NC(CCCCN)C(=O)NC(C(=O)O)C(C)CC. The van der Waals surface area contributed by atoms with Crippen molar-refractivity contribution in [1.29, 1.82) is 0 Å². The molecule has 1 rings (SSSR count). The number of hydrogen-bond acceptors (Lipinski definition) is 6. The van der Waals surface area contributed by atoms with Crippen molar-refractivity contribution in [1.82, 2.24) is 16.0 Å². The molecule has 1 aromatic carbocycles. The Morgan fingerprint density at radius 3 is 1.95 bits per heavy atom. The number of benzene rings is 1. The second-order valence-electron chi connectivity index (χ2n) is 9.72. The van der Waals surface area contributed by atoms with Crippen LogP contribution in [0.15, 0.2) is 30.3 Å². The van der Waals surface area contributed by atoms with Crippen LogP contribution in [0.3, 0.4) is 0 Å². The van der Waals surface area contributed by atoms with E-state index >= 15 is 0 Å². The van der Waals surface area contributed by atoms with Gasteiger partial charge in [0.25, 0.3) is 0 Å². The number of nitrogens with two attached hydrogens (primary N) is 2. The fraction of sp³-hybridized carbons (Fsp3) is 0.630. The van der Waals surface area contributed by atoms with Crippen molar-refractivity contribution in [2.75, 3.05) is 6.54 Å². The topological polar surface area (TPSA) is 177 Å². The van der Waals surface area contributed by atoms with Crippen molar-refractivity contribution in [3.8, 4) is 0 Å². The summed E-state index contributed by atoms with van der Waals surface area (Å²) < 4.78 is 0. The molecule has 0 aliphatic carbocycles. The molecule has 208 valence electrons. The highest BCUT2D eigenvalue weighted by molar-refractivity contribution is 5.94. The molecular formula is C27H45N5O5. The molecule has 0 aliphatic rings. The summed E-state index contributed by atoms with van der Waals surface area (Å²) in [5, 5.41) is 17.7. The first-order chi connectivity index (χ1) is 17.5. The van der Waals surface area contributed by atoms with Gasteiger partial charge in [-0.2, -0.15) is 0 Å². The zero-order valence-electron chi connectivity index (χ0n) is 22.5. The Morgan fingerprint density at radius 1 is 0.838 bits per heavy atom. The van der Waals surface area contributed by atoms with Crippen LogP contribution in [-0.4, -0.2) is 59.5 Å². The maximum Gasteiger partial charge on any atom is 0.326 e. The number of hydrogen-bond donors (Lipinski definition) is 6. The number of carbonyl (C=O) groups is 4. The third-order valence-corrected chi connectivity index (χ3v) is 6.83. The van der Waals surface area contributed by atoms with Crippen LogP contribution in [0, 0.1) is 11.8 Å². The van der Waals surface area contributed by atoms with Gasteiger partial charge in [-0.3, -0.25) is 14.4 Å². The normalized spacial score (nSPS) is 15.9. The van der Waals surface area contributed by atoms with Gasteiger partial charge in [0.2, 0.25) is 17.7 Å². The molecule has 37 heavy (non-hydrogen) atoms. The smallest absolute Gasteiger partial charge is 0.326 e. The minimum atomic E-state index is -1.14. The van der Waals surface area contributed by atoms with Gasteiger partial charge >= 0.3 is 5.97 Å². The van der Waals surface area contributed by atoms with Gasteiger partial charge < -0.3 is 32.5 Å². The zero-order chi connectivity index (χ0) is 28.0. The highest BCUT2D eigenvalue weighted by Crippen LogP contribution is 2.11. The molecule has 0 bridgehead atoms. The summed E-state index contributed by atoms with van der Waals surface area (Å²) in [5.74, 6) is -3.09. The van der Waals surface area contributed by atoms with E-state index in [0.29, 0.717) is 32.2 Å². The number of aliphatic carboxylic acids is 1. The fourth-order valence-electron chi connectivity index (χ4n) is 3.81. The van der Waals surface area contributed by atoms with Crippen LogP contribution in [0.4, 0.5) is 0 Å². The molecule has 0 saturated carbocycles.